The van der Waals surface area contributed by atoms with Gasteiger partial charge in [0.2, 0.25) is 0 Å². The molecule has 196 valence electrons. The zero-order chi connectivity index (χ0) is 27.6. The summed E-state index contributed by atoms with van der Waals surface area (Å²) in [5.74, 6) is 0.916. The molecule has 4 nitrogen and oxygen atoms in total. The summed E-state index contributed by atoms with van der Waals surface area (Å²) >= 11 is 0. The van der Waals surface area contributed by atoms with E-state index in [-0.39, 0.29) is 5.41 Å². The number of rotatable bonds is 3. The second kappa shape index (κ2) is 8.90. The number of anilines is 3. The fraction of sp³-hybridized carbons (Fsp3) is 0.0811. The van der Waals surface area contributed by atoms with Crippen molar-refractivity contribution in [3.05, 3.63) is 145 Å². The molecular weight excluding hydrogens is 500 g/mol. The minimum absolute atomic E-state index is 0.147. The Morgan fingerprint density at radius 3 is 2.22 bits per heavy atom. The number of fused-ring (bicyclic) bond motifs is 5. The Morgan fingerprint density at radius 1 is 0.561 bits per heavy atom. The molecule has 0 N–H and O–H groups in total. The SMILES string of the molecule is CC1(C)c2ccccc2N(c2ccccn2)c2cc(-c3cccc(-n4c5ccccc5c5cccnc54)c3)ccc21. The summed E-state index contributed by atoms with van der Waals surface area (Å²) in [6, 6.07) is 43.2. The van der Waals surface area contributed by atoms with E-state index in [0.717, 1.165) is 44.9 Å². The summed E-state index contributed by atoms with van der Waals surface area (Å²) in [6.07, 6.45) is 3.74. The van der Waals surface area contributed by atoms with Crippen molar-refractivity contribution in [3.8, 4) is 16.8 Å². The minimum Gasteiger partial charge on any atom is -0.294 e. The largest absolute Gasteiger partial charge is 0.294 e. The molecule has 0 saturated carbocycles. The first-order chi connectivity index (χ1) is 20.1. The number of pyridine rings is 2. The van der Waals surface area contributed by atoms with Crippen LogP contribution in [0.5, 0.6) is 0 Å². The lowest BCUT2D eigenvalue weighted by Crippen LogP contribution is -2.30. The number of benzene rings is 4. The first-order valence-electron chi connectivity index (χ1n) is 14.0. The average molecular weight is 529 g/mol. The van der Waals surface area contributed by atoms with Crippen LogP contribution in [-0.4, -0.2) is 14.5 Å². The highest BCUT2D eigenvalue weighted by molar-refractivity contribution is 6.07. The van der Waals surface area contributed by atoms with Gasteiger partial charge in [-0.25, -0.2) is 9.97 Å². The van der Waals surface area contributed by atoms with Crippen LogP contribution in [0.4, 0.5) is 17.2 Å². The van der Waals surface area contributed by atoms with Gasteiger partial charge in [-0.2, -0.15) is 0 Å². The van der Waals surface area contributed by atoms with Crippen molar-refractivity contribution in [1.29, 1.82) is 0 Å². The molecule has 4 aromatic carbocycles. The Morgan fingerprint density at radius 2 is 1.32 bits per heavy atom. The van der Waals surface area contributed by atoms with Gasteiger partial charge in [-0.05, 0) is 76.9 Å². The standard InChI is InChI=1S/C37H28N4/c1-37(2)30-15-4-6-17-33(30)41(35-18-7-8-21-38-35)34-24-26(19-20-31(34)37)25-11-9-12-27(23-25)40-32-16-5-3-13-28(32)29-14-10-22-39-36(29)40/h3-24H,1-2H3. The van der Waals surface area contributed by atoms with Gasteiger partial charge in [0.15, 0.2) is 0 Å². The molecule has 0 saturated heterocycles. The fourth-order valence-electron chi connectivity index (χ4n) is 6.51. The van der Waals surface area contributed by atoms with Crippen molar-refractivity contribution >= 4 is 39.1 Å². The van der Waals surface area contributed by atoms with Crippen molar-refractivity contribution in [2.75, 3.05) is 4.90 Å². The smallest absolute Gasteiger partial charge is 0.145 e. The van der Waals surface area contributed by atoms with Crippen LogP contribution in [0.25, 0.3) is 38.8 Å². The number of para-hydroxylation sites is 2. The molecule has 8 rings (SSSR count). The van der Waals surface area contributed by atoms with Crippen LogP contribution in [0.15, 0.2) is 134 Å². The summed E-state index contributed by atoms with van der Waals surface area (Å²) in [7, 11) is 0. The fourth-order valence-corrected chi connectivity index (χ4v) is 6.51. The first kappa shape index (κ1) is 23.6. The van der Waals surface area contributed by atoms with Crippen LogP contribution in [0.3, 0.4) is 0 Å². The predicted octanol–water partition coefficient (Wildman–Crippen LogP) is 9.35. The molecule has 4 heteroatoms. The van der Waals surface area contributed by atoms with Crippen molar-refractivity contribution in [2.24, 2.45) is 0 Å². The lowest BCUT2D eigenvalue weighted by molar-refractivity contribution is 0.631. The van der Waals surface area contributed by atoms with Gasteiger partial charge in [0.25, 0.3) is 0 Å². The van der Waals surface area contributed by atoms with Crippen LogP contribution < -0.4 is 4.90 Å². The van der Waals surface area contributed by atoms with Gasteiger partial charge in [-0.15, -0.1) is 0 Å². The minimum atomic E-state index is -0.147. The molecule has 7 aromatic rings. The zero-order valence-electron chi connectivity index (χ0n) is 23.0. The van der Waals surface area contributed by atoms with Crippen molar-refractivity contribution in [3.63, 3.8) is 0 Å². The van der Waals surface area contributed by atoms with Crippen LogP contribution in [0.2, 0.25) is 0 Å². The predicted molar refractivity (Wildman–Crippen MR) is 169 cm³/mol. The lowest BCUT2D eigenvalue weighted by atomic mass is 9.73. The van der Waals surface area contributed by atoms with E-state index in [2.05, 4.69) is 133 Å². The summed E-state index contributed by atoms with van der Waals surface area (Å²) < 4.78 is 2.27. The van der Waals surface area contributed by atoms with E-state index >= 15 is 0 Å². The topological polar surface area (TPSA) is 34.0 Å². The highest BCUT2D eigenvalue weighted by Crippen LogP contribution is 2.52. The summed E-state index contributed by atoms with van der Waals surface area (Å²) in [6.45, 7) is 4.63. The third kappa shape index (κ3) is 3.54. The first-order valence-corrected chi connectivity index (χ1v) is 14.0. The van der Waals surface area contributed by atoms with Gasteiger partial charge in [-0.1, -0.05) is 80.6 Å². The molecule has 0 aliphatic carbocycles. The Hall–Kier alpha value is -5.22. The Bertz CT molecular complexity index is 2040. The van der Waals surface area contributed by atoms with Crippen LogP contribution in [0, 0.1) is 0 Å². The zero-order valence-corrected chi connectivity index (χ0v) is 23.0. The molecule has 41 heavy (non-hydrogen) atoms. The van der Waals surface area contributed by atoms with Gasteiger partial charge >= 0.3 is 0 Å². The third-order valence-electron chi connectivity index (χ3n) is 8.48. The molecule has 0 unspecified atom stereocenters. The highest BCUT2D eigenvalue weighted by atomic mass is 15.2. The van der Waals surface area contributed by atoms with E-state index in [4.69, 9.17) is 9.97 Å². The molecule has 0 atom stereocenters. The van der Waals surface area contributed by atoms with Crippen molar-refractivity contribution in [2.45, 2.75) is 19.3 Å². The van der Waals surface area contributed by atoms with E-state index < -0.39 is 0 Å². The van der Waals surface area contributed by atoms with E-state index in [1.807, 2.05) is 24.5 Å². The van der Waals surface area contributed by atoms with Gasteiger partial charge in [0.05, 0.1) is 16.9 Å². The Labute approximate surface area is 239 Å². The molecule has 0 bridgehead atoms. The summed E-state index contributed by atoms with van der Waals surface area (Å²) in [5, 5.41) is 2.37. The molecule has 0 fully saturated rings. The normalized spacial score (nSPS) is 13.8. The van der Waals surface area contributed by atoms with E-state index in [1.54, 1.807) is 0 Å². The number of hydrogen-bond donors (Lipinski definition) is 0. The molecule has 0 amide bonds. The van der Waals surface area contributed by atoms with Crippen LogP contribution in [-0.2, 0) is 5.41 Å². The molecule has 0 radical (unpaired) electrons. The van der Waals surface area contributed by atoms with Crippen molar-refractivity contribution < 1.29 is 0 Å². The van der Waals surface area contributed by atoms with Crippen LogP contribution in [0.1, 0.15) is 25.0 Å². The molecule has 0 spiro atoms. The second-order valence-electron chi connectivity index (χ2n) is 11.2. The van der Waals surface area contributed by atoms with E-state index in [9.17, 15) is 0 Å². The molecule has 1 aliphatic heterocycles. The summed E-state index contributed by atoms with van der Waals surface area (Å²) in [4.78, 5) is 11.9. The third-order valence-corrected chi connectivity index (χ3v) is 8.48. The average Bonchev–Trinajstić information content (AvgIpc) is 3.36. The maximum atomic E-state index is 4.78. The monoisotopic (exact) mass is 528 g/mol. The van der Waals surface area contributed by atoms with Gasteiger partial charge in [0.1, 0.15) is 11.5 Å². The number of hydrogen-bond acceptors (Lipinski definition) is 3. The van der Waals surface area contributed by atoms with E-state index in [0.29, 0.717) is 0 Å². The van der Waals surface area contributed by atoms with Crippen molar-refractivity contribution in [1.82, 2.24) is 14.5 Å². The Balaban J connectivity index is 1.32. The van der Waals surface area contributed by atoms with Gasteiger partial charge in [0, 0.05) is 34.3 Å². The quantitative estimate of drug-likeness (QED) is 0.229. The van der Waals surface area contributed by atoms with Gasteiger partial charge in [-0.3, -0.25) is 9.47 Å². The molecule has 1 aliphatic rings. The lowest BCUT2D eigenvalue weighted by Gasteiger charge is -2.41. The highest BCUT2D eigenvalue weighted by Gasteiger charge is 2.37. The van der Waals surface area contributed by atoms with Gasteiger partial charge < -0.3 is 0 Å². The Kier molecular flexibility index (Phi) is 5.13. The second-order valence-corrected chi connectivity index (χ2v) is 11.2. The molecular formula is C37H28N4. The molecule has 3 aromatic heterocycles. The maximum Gasteiger partial charge on any atom is 0.145 e. The van der Waals surface area contributed by atoms with Crippen LogP contribution >= 0.6 is 0 Å². The number of nitrogens with zero attached hydrogens (tertiary/aromatic N) is 4. The summed E-state index contributed by atoms with van der Waals surface area (Å²) in [5.41, 5.74) is 10.3. The number of aromatic nitrogens is 3. The maximum absolute atomic E-state index is 4.78. The van der Waals surface area contributed by atoms with E-state index in [1.165, 1.54) is 22.2 Å². The molecule has 4 heterocycles.